The van der Waals surface area contributed by atoms with Crippen molar-refractivity contribution >= 4 is 23.5 Å². The molecule has 2 fully saturated rings. The van der Waals surface area contributed by atoms with Gasteiger partial charge in [-0.3, -0.25) is 4.79 Å². The number of fused-ring (bicyclic) bond motifs is 2. The smallest absolute Gasteiger partial charge is 0.246 e. The number of nitrogens with zero attached hydrogens (tertiary/aromatic N) is 1. The number of hydrogen-bond acceptors (Lipinski definition) is 6. The number of hydrogen-bond donors (Lipinski definition) is 4. The molecule has 2 aliphatic rings. The number of aromatic nitrogens is 1. The van der Waals surface area contributed by atoms with Gasteiger partial charge in [0.15, 0.2) is 0 Å². The summed E-state index contributed by atoms with van der Waals surface area (Å²) >= 11 is 0. The summed E-state index contributed by atoms with van der Waals surface area (Å²) in [5.74, 6) is 0.505. The number of phenols is 1. The first-order chi connectivity index (χ1) is 15.4. The van der Waals surface area contributed by atoms with Gasteiger partial charge in [-0.25, -0.2) is 0 Å². The molecule has 8 nitrogen and oxygen atoms in total. The van der Waals surface area contributed by atoms with Crippen LogP contribution in [0.5, 0.6) is 5.75 Å². The molecule has 1 amide bonds. The first kappa shape index (κ1) is 22.0. The summed E-state index contributed by atoms with van der Waals surface area (Å²) in [4.78, 5) is 17.7. The minimum atomic E-state index is -0.264. The highest BCUT2D eigenvalue weighted by Crippen LogP contribution is 2.42. The SMILES string of the molecule is C=CC(=O)N1C2COCC1C(OC)C(c1[nH]c(N)c(/C=C(\N)c3ccccc3O)c1C)C2. The maximum atomic E-state index is 12.5. The summed E-state index contributed by atoms with van der Waals surface area (Å²) in [6.07, 6.45) is 3.54. The predicted octanol–water partition coefficient (Wildman–Crippen LogP) is 2.35. The van der Waals surface area contributed by atoms with E-state index in [1.165, 1.54) is 6.08 Å². The number of morpholine rings is 1. The molecule has 2 bridgehead atoms. The number of para-hydroxylation sites is 1. The maximum Gasteiger partial charge on any atom is 0.246 e. The summed E-state index contributed by atoms with van der Waals surface area (Å²) in [7, 11) is 1.65. The molecule has 0 spiro atoms. The Morgan fingerprint density at radius 3 is 2.81 bits per heavy atom. The van der Waals surface area contributed by atoms with Crippen molar-refractivity contribution in [1.82, 2.24) is 9.88 Å². The summed E-state index contributed by atoms with van der Waals surface area (Å²) in [6, 6.07) is 6.64. The number of nitrogens with two attached hydrogens (primary N) is 2. The van der Waals surface area contributed by atoms with Crippen molar-refractivity contribution in [2.24, 2.45) is 5.73 Å². The number of rotatable bonds is 5. The Bertz CT molecular complexity index is 1060. The Balaban J connectivity index is 1.71. The molecule has 6 N–H and O–H groups in total. The van der Waals surface area contributed by atoms with E-state index in [9.17, 15) is 9.90 Å². The highest BCUT2D eigenvalue weighted by Gasteiger charge is 2.48. The van der Waals surface area contributed by atoms with Crippen LogP contribution in [-0.4, -0.2) is 59.4 Å². The third-order valence-electron chi connectivity index (χ3n) is 6.61. The van der Waals surface area contributed by atoms with Gasteiger partial charge in [0.2, 0.25) is 5.91 Å². The quantitative estimate of drug-likeness (QED) is 0.531. The van der Waals surface area contributed by atoms with Crippen LogP contribution in [0.25, 0.3) is 11.8 Å². The molecule has 0 saturated carbocycles. The number of piperidine rings is 1. The van der Waals surface area contributed by atoms with E-state index < -0.39 is 0 Å². The number of aromatic amines is 1. The number of phenolic OH excluding ortho intramolecular Hbond substituents is 1. The van der Waals surface area contributed by atoms with Crippen LogP contribution in [0, 0.1) is 6.92 Å². The number of carbonyl (C=O) groups excluding carboxylic acids is 1. The first-order valence-corrected chi connectivity index (χ1v) is 10.7. The van der Waals surface area contributed by atoms with Gasteiger partial charge in [-0.05, 0) is 43.2 Å². The van der Waals surface area contributed by atoms with E-state index in [2.05, 4.69) is 11.6 Å². The third kappa shape index (κ3) is 3.65. The molecule has 2 aliphatic heterocycles. The number of nitrogens with one attached hydrogen (secondary N) is 1. The molecule has 4 atom stereocenters. The number of H-pyrrole nitrogens is 1. The van der Waals surface area contributed by atoms with Gasteiger partial charge in [0, 0.05) is 35.5 Å². The lowest BCUT2D eigenvalue weighted by atomic mass is 9.79. The molecule has 3 heterocycles. The van der Waals surface area contributed by atoms with Crippen molar-refractivity contribution in [2.75, 3.05) is 26.1 Å². The first-order valence-electron chi connectivity index (χ1n) is 10.7. The zero-order valence-corrected chi connectivity index (χ0v) is 18.4. The van der Waals surface area contributed by atoms with Crippen LogP contribution < -0.4 is 11.5 Å². The van der Waals surface area contributed by atoms with Crippen LogP contribution >= 0.6 is 0 Å². The van der Waals surface area contributed by atoms with E-state index in [0.29, 0.717) is 36.7 Å². The van der Waals surface area contributed by atoms with Gasteiger partial charge in [0.1, 0.15) is 11.6 Å². The molecule has 2 saturated heterocycles. The average Bonchev–Trinajstić information content (AvgIpc) is 3.06. The molecule has 8 heteroatoms. The molecule has 1 aromatic heterocycles. The molecule has 32 heavy (non-hydrogen) atoms. The monoisotopic (exact) mass is 438 g/mol. The number of carbonyl (C=O) groups is 1. The number of aromatic hydroxyl groups is 1. The highest BCUT2D eigenvalue weighted by atomic mass is 16.5. The van der Waals surface area contributed by atoms with Gasteiger partial charge in [-0.1, -0.05) is 18.7 Å². The Morgan fingerprint density at radius 1 is 1.38 bits per heavy atom. The zero-order chi connectivity index (χ0) is 23.0. The topological polar surface area (TPSA) is 127 Å². The van der Waals surface area contributed by atoms with Crippen LogP contribution in [0.3, 0.4) is 0 Å². The van der Waals surface area contributed by atoms with Crippen LogP contribution in [-0.2, 0) is 14.3 Å². The molecular formula is C24H30N4O4. The molecule has 2 aromatic rings. The second-order valence-corrected chi connectivity index (χ2v) is 8.36. The summed E-state index contributed by atoms with van der Waals surface area (Å²) in [6.45, 7) is 6.53. The Labute approximate surface area is 187 Å². The van der Waals surface area contributed by atoms with Crippen molar-refractivity contribution in [3.63, 3.8) is 0 Å². The van der Waals surface area contributed by atoms with Crippen LogP contribution in [0.15, 0.2) is 36.9 Å². The van der Waals surface area contributed by atoms with E-state index in [4.69, 9.17) is 20.9 Å². The van der Waals surface area contributed by atoms with Crippen molar-refractivity contribution in [3.05, 3.63) is 59.3 Å². The van der Waals surface area contributed by atoms with Crippen LogP contribution in [0.4, 0.5) is 5.82 Å². The summed E-state index contributed by atoms with van der Waals surface area (Å²) < 4.78 is 11.7. The van der Waals surface area contributed by atoms with Gasteiger partial charge in [-0.15, -0.1) is 0 Å². The van der Waals surface area contributed by atoms with Crippen molar-refractivity contribution < 1.29 is 19.4 Å². The predicted molar refractivity (Wildman–Crippen MR) is 124 cm³/mol. The van der Waals surface area contributed by atoms with Gasteiger partial charge < -0.3 is 35.9 Å². The van der Waals surface area contributed by atoms with Crippen LogP contribution in [0.2, 0.25) is 0 Å². The summed E-state index contributed by atoms with van der Waals surface area (Å²) in [5, 5.41) is 10.1. The van der Waals surface area contributed by atoms with Crippen molar-refractivity contribution in [1.29, 1.82) is 0 Å². The number of methoxy groups -OCH3 is 1. The normalized spacial score (nSPS) is 25.6. The third-order valence-corrected chi connectivity index (χ3v) is 6.61. The lowest BCUT2D eigenvalue weighted by molar-refractivity contribution is -0.164. The lowest BCUT2D eigenvalue weighted by Crippen LogP contribution is -2.64. The Hall–Kier alpha value is -3.23. The molecule has 170 valence electrons. The number of anilines is 1. The van der Waals surface area contributed by atoms with E-state index in [1.54, 1.807) is 31.4 Å². The standard InChI is InChI=1S/C24H30N4O4/c1-4-21(30)28-14-9-17(23(31-3)19(28)12-32-11-14)22-13(2)16(24(26)27-22)10-18(25)15-7-5-6-8-20(15)29/h4-8,10,14,17,19,23,27,29H,1,9,11-12,25-26H2,2-3H3/b18-10-. The number of nitrogen functional groups attached to an aromatic ring is 1. The molecule has 4 rings (SSSR count). The van der Waals surface area contributed by atoms with Crippen molar-refractivity contribution in [3.8, 4) is 5.75 Å². The number of ether oxygens (including phenoxy) is 2. The molecule has 4 unspecified atom stereocenters. The van der Waals surface area contributed by atoms with Crippen LogP contribution in [0.1, 0.15) is 34.7 Å². The second kappa shape index (κ2) is 8.72. The van der Waals surface area contributed by atoms with E-state index >= 15 is 0 Å². The van der Waals surface area contributed by atoms with Gasteiger partial charge in [0.25, 0.3) is 0 Å². The fourth-order valence-corrected chi connectivity index (χ4v) is 5.10. The average molecular weight is 439 g/mol. The van der Waals surface area contributed by atoms with E-state index in [-0.39, 0.29) is 35.8 Å². The van der Waals surface area contributed by atoms with Gasteiger partial charge in [-0.2, -0.15) is 0 Å². The van der Waals surface area contributed by atoms with Crippen molar-refractivity contribution in [2.45, 2.75) is 37.5 Å². The van der Waals surface area contributed by atoms with Gasteiger partial charge in [0.05, 0.1) is 31.4 Å². The van der Waals surface area contributed by atoms with Gasteiger partial charge >= 0.3 is 0 Å². The maximum absolute atomic E-state index is 12.5. The Morgan fingerprint density at radius 2 is 2.12 bits per heavy atom. The van der Waals surface area contributed by atoms with E-state index in [1.807, 2.05) is 17.9 Å². The van der Waals surface area contributed by atoms with E-state index in [0.717, 1.165) is 16.8 Å². The minimum Gasteiger partial charge on any atom is -0.507 e. The largest absolute Gasteiger partial charge is 0.507 e. The summed E-state index contributed by atoms with van der Waals surface area (Å²) in [5.41, 5.74) is 16.3. The number of benzene rings is 1. The molecule has 0 radical (unpaired) electrons. The molecule has 0 aliphatic carbocycles. The highest BCUT2D eigenvalue weighted by molar-refractivity contribution is 5.88. The molecular weight excluding hydrogens is 408 g/mol. The fourth-order valence-electron chi connectivity index (χ4n) is 5.10. The fraction of sp³-hybridized carbons (Fsp3) is 0.375. The zero-order valence-electron chi connectivity index (χ0n) is 18.4. The number of amides is 1. The Kier molecular flexibility index (Phi) is 5.99. The lowest BCUT2D eigenvalue weighted by Gasteiger charge is -2.51. The molecule has 1 aromatic carbocycles. The second-order valence-electron chi connectivity index (χ2n) is 8.36. The minimum absolute atomic E-state index is 0.00330.